The van der Waals surface area contributed by atoms with Gasteiger partial charge in [0.05, 0.1) is 37.8 Å². The predicted molar refractivity (Wildman–Crippen MR) is 129 cm³/mol. The quantitative estimate of drug-likeness (QED) is 0.289. The van der Waals surface area contributed by atoms with Crippen molar-refractivity contribution in [3.05, 3.63) is 98.9 Å². The molecule has 2 heterocycles. The third kappa shape index (κ3) is 4.54. The van der Waals surface area contributed by atoms with Crippen LogP contribution in [0.15, 0.2) is 61.9 Å². The van der Waals surface area contributed by atoms with Crippen molar-refractivity contribution in [3.63, 3.8) is 0 Å². The molecule has 1 aromatic heterocycles. The van der Waals surface area contributed by atoms with Crippen LogP contribution in [0.25, 0.3) is 6.08 Å². The van der Waals surface area contributed by atoms with Gasteiger partial charge in [-0.25, -0.2) is 14.2 Å². The number of phenolic OH excluding ortho intramolecular Hbond substituents is 1. The van der Waals surface area contributed by atoms with Gasteiger partial charge in [0, 0.05) is 17.7 Å². The van der Waals surface area contributed by atoms with Crippen molar-refractivity contribution in [1.82, 2.24) is 4.57 Å². The van der Waals surface area contributed by atoms with Crippen molar-refractivity contribution >= 4 is 45.0 Å². The average molecular weight is 562 g/mol. The number of hydrogen-bond donors (Lipinski definition) is 1. The number of aromatic nitrogens is 1. The molecule has 3 aromatic rings. The Bertz CT molecular complexity index is 1580. The molecule has 0 amide bonds. The lowest BCUT2D eigenvalue weighted by molar-refractivity contribution is -0.385. The highest BCUT2D eigenvalue weighted by atomic mass is 79.9. The summed E-state index contributed by atoms with van der Waals surface area (Å²) in [5, 5.41) is 21.6. The first kappa shape index (κ1) is 24.5. The standard InChI is InChI=1S/C23H17BrFN3O6S/c1-3-34-22(31)18-11(2)26-23-27(19(18)12-4-6-14(25)7-5-12)21(30)17(35-23)9-13-8-15(28(32)33)10-16(24)20(13)29/h4-10,19,29H,3H2,1-2H3/b17-9-/t19-/m0/s1. The molecule has 12 heteroatoms. The third-order valence-corrected chi connectivity index (χ3v) is 6.87. The number of benzene rings is 2. The second kappa shape index (κ2) is 9.55. The molecule has 0 saturated heterocycles. The van der Waals surface area contributed by atoms with Crippen molar-refractivity contribution in [2.24, 2.45) is 4.99 Å². The van der Waals surface area contributed by atoms with Gasteiger partial charge >= 0.3 is 5.97 Å². The van der Waals surface area contributed by atoms with Gasteiger partial charge in [-0.2, -0.15) is 0 Å². The number of nitro benzene ring substituents is 1. The highest BCUT2D eigenvalue weighted by Crippen LogP contribution is 2.33. The molecule has 0 bridgehead atoms. The van der Waals surface area contributed by atoms with Crippen LogP contribution in [0.1, 0.15) is 31.0 Å². The van der Waals surface area contributed by atoms with Crippen LogP contribution in [0.4, 0.5) is 10.1 Å². The lowest BCUT2D eigenvalue weighted by atomic mass is 9.96. The van der Waals surface area contributed by atoms with E-state index >= 15 is 0 Å². The average Bonchev–Trinajstić information content (AvgIpc) is 3.10. The largest absolute Gasteiger partial charge is 0.506 e. The molecule has 0 radical (unpaired) electrons. The van der Waals surface area contributed by atoms with E-state index in [0.717, 1.165) is 23.5 Å². The summed E-state index contributed by atoms with van der Waals surface area (Å²) in [5.74, 6) is -1.41. The SMILES string of the molecule is CCOC(=O)C1=C(C)N=c2s/c(=C\c3cc([N+](=O)[O-])cc(Br)c3O)c(=O)n2[C@H]1c1ccc(F)cc1. The number of thiazole rings is 1. The van der Waals surface area contributed by atoms with Crippen molar-refractivity contribution < 1.29 is 24.0 Å². The summed E-state index contributed by atoms with van der Waals surface area (Å²) in [4.78, 5) is 41.7. The molecule has 35 heavy (non-hydrogen) atoms. The summed E-state index contributed by atoms with van der Waals surface area (Å²) >= 11 is 4.07. The van der Waals surface area contributed by atoms with Crippen LogP contribution in [0, 0.1) is 15.9 Å². The van der Waals surface area contributed by atoms with Gasteiger partial charge in [0.1, 0.15) is 11.6 Å². The molecule has 9 nitrogen and oxygen atoms in total. The van der Waals surface area contributed by atoms with Crippen molar-refractivity contribution in [1.29, 1.82) is 0 Å². The minimum Gasteiger partial charge on any atom is -0.506 e. The van der Waals surface area contributed by atoms with Crippen LogP contribution in [0.2, 0.25) is 0 Å². The molecule has 4 rings (SSSR count). The number of rotatable bonds is 5. The van der Waals surface area contributed by atoms with Crippen molar-refractivity contribution in [2.45, 2.75) is 19.9 Å². The molecule has 0 spiro atoms. The monoisotopic (exact) mass is 561 g/mol. The fourth-order valence-electron chi connectivity index (χ4n) is 3.71. The number of esters is 1. The second-order valence-corrected chi connectivity index (χ2v) is 9.34. The molecular weight excluding hydrogens is 545 g/mol. The van der Waals surface area contributed by atoms with E-state index < -0.39 is 28.3 Å². The molecule has 180 valence electrons. The first-order chi connectivity index (χ1) is 16.6. The summed E-state index contributed by atoms with van der Waals surface area (Å²) in [5.41, 5.74) is 0.177. The highest BCUT2D eigenvalue weighted by Gasteiger charge is 2.33. The lowest BCUT2D eigenvalue weighted by Crippen LogP contribution is -2.39. The first-order valence-electron chi connectivity index (χ1n) is 10.2. The van der Waals surface area contributed by atoms with Gasteiger partial charge < -0.3 is 9.84 Å². The molecule has 1 aliphatic rings. The Kier molecular flexibility index (Phi) is 6.68. The van der Waals surface area contributed by atoms with Crippen molar-refractivity contribution in [2.75, 3.05) is 6.61 Å². The predicted octanol–water partition coefficient (Wildman–Crippen LogP) is 3.31. The fourth-order valence-corrected chi connectivity index (χ4v) is 5.22. The molecule has 0 fully saturated rings. The minimum absolute atomic E-state index is 0.0519. The van der Waals surface area contributed by atoms with Crippen LogP contribution < -0.4 is 14.9 Å². The van der Waals surface area contributed by atoms with Gasteiger partial charge in [-0.1, -0.05) is 23.5 Å². The number of hydrogen-bond acceptors (Lipinski definition) is 8. The number of ether oxygens (including phenoxy) is 1. The molecule has 1 aliphatic heterocycles. The maximum atomic E-state index is 13.6. The summed E-state index contributed by atoms with van der Waals surface area (Å²) in [7, 11) is 0. The van der Waals surface area contributed by atoms with Crippen LogP contribution in [-0.2, 0) is 9.53 Å². The molecule has 1 N–H and O–H groups in total. The number of carbonyl (C=O) groups is 1. The van der Waals surface area contributed by atoms with E-state index in [2.05, 4.69) is 20.9 Å². The topological polar surface area (TPSA) is 124 Å². The minimum atomic E-state index is -0.932. The van der Waals surface area contributed by atoms with Crippen LogP contribution in [0.3, 0.4) is 0 Å². The van der Waals surface area contributed by atoms with Crippen LogP contribution in [0.5, 0.6) is 5.75 Å². The maximum Gasteiger partial charge on any atom is 0.338 e. The Balaban J connectivity index is 1.98. The second-order valence-electron chi connectivity index (χ2n) is 7.48. The summed E-state index contributed by atoms with van der Waals surface area (Å²) < 4.78 is 20.3. The third-order valence-electron chi connectivity index (χ3n) is 5.28. The van der Waals surface area contributed by atoms with Gasteiger partial charge in [-0.05, 0) is 53.5 Å². The van der Waals surface area contributed by atoms with E-state index in [-0.39, 0.29) is 43.0 Å². The van der Waals surface area contributed by atoms with E-state index in [1.807, 2.05) is 0 Å². The Labute approximate surface area is 209 Å². The number of allylic oxidation sites excluding steroid dienone is 1. The zero-order valence-corrected chi connectivity index (χ0v) is 20.7. The number of fused-ring (bicyclic) bond motifs is 1. The Morgan fingerprint density at radius 2 is 2.06 bits per heavy atom. The van der Waals surface area contributed by atoms with Crippen LogP contribution in [-0.4, -0.2) is 27.2 Å². The van der Waals surface area contributed by atoms with E-state index in [4.69, 9.17) is 4.74 Å². The first-order valence-corrected chi connectivity index (χ1v) is 11.8. The van der Waals surface area contributed by atoms with Gasteiger partial charge in [-0.3, -0.25) is 19.5 Å². The maximum absolute atomic E-state index is 13.6. The van der Waals surface area contributed by atoms with Gasteiger partial charge in [-0.15, -0.1) is 0 Å². The number of nitrogens with zero attached hydrogens (tertiary/aromatic N) is 3. The fraction of sp³-hybridized carbons (Fsp3) is 0.174. The summed E-state index contributed by atoms with van der Waals surface area (Å²) in [6, 6.07) is 6.75. The highest BCUT2D eigenvalue weighted by molar-refractivity contribution is 9.10. The molecular formula is C23H17BrFN3O6S. The smallest absolute Gasteiger partial charge is 0.338 e. The van der Waals surface area contributed by atoms with Crippen molar-refractivity contribution in [3.8, 4) is 5.75 Å². The summed E-state index contributed by atoms with van der Waals surface area (Å²) in [6.45, 7) is 3.38. The zero-order valence-electron chi connectivity index (χ0n) is 18.3. The Hall–Kier alpha value is -3.64. The normalized spacial score (nSPS) is 15.5. The molecule has 2 aromatic carbocycles. The zero-order chi connectivity index (χ0) is 25.4. The summed E-state index contributed by atoms with van der Waals surface area (Å²) in [6.07, 6.45) is 1.32. The number of carbonyl (C=O) groups excluding carboxylic acids is 1. The molecule has 1 atom stereocenters. The molecule has 0 unspecified atom stereocenters. The number of halogens is 2. The van der Waals surface area contributed by atoms with Crippen LogP contribution >= 0.6 is 27.3 Å². The Morgan fingerprint density at radius 1 is 1.37 bits per heavy atom. The van der Waals surface area contributed by atoms with E-state index in [0.29, 0.717) is 11.3 Å². The lowest BCUT2D eigenvalue weighted by Gasteiger charge is -2.24. The van der Waals surface area contributed by atoms with Gasteiger partial charge in [0.15, 0.2) is 4.80 Å². The Morgan fingerprint density at radius 3 is 2.69 bits per heavy atom. The number of nitro groups is 1. The molecule has 0 saturated carbocycles. The molecule has 0 aliphatic carbocycles. The van der Waals surface area contributed by atoms with E-state index in [1.165, 1.54) is 34.9 Å². The van der Waals surface area contributed by atoms with Gasteiger partial charge in [0.2, 0.25) is 0 Å². The number of non-ortho nitro benzene ring substituents is 1. The number of aromatic hydroxyl groups is 1. The number of phenols is 1. The van der Waals surface area contributed by atoms with E-state index in [9.17, 15) is 29.2 Å². The van der Waals surface area contributed by atoms with Gasteiger partial charge in [0.25, 0.3) is 11.2 Å². The van der Waals surface area contributed by atoms with E-state index in [1.54, 1.807) is 13.8 Å².